The number of alkyl halides is 2. The van der Waals surface area contributed by atoms with E-state index in [9.17, 15) is 22.8 Å². The zero-order valence-corrected chi connectivity index (χ0v) is 21.2. The lowest BCUT2D eigenvalue weighted by Crippen LogP contribution is -2.25. The number of carbonyl (C=O) groups is 1. The van der Waals surface area contributed by atoms with Crippen molar-refractivity contribution in [3.63, 3.8) is 0 Å². The molecule has 0 aliphatic rings. The van der Waals surface area contributed by atoms with E-state index in [4.69, 9.17) is 9.47 Å². The minimum atomic E-state index is -2.96. The van der Waals surface area contributed by atoms with E-state index in [0.29, 0.717) is 18.8 Å². The summed E-state index contributed by atoms with van der Waals surface area (Å²) in [6.45, 7) is 0.506. The fourth-order valence-corrected chi connectivity index (χ4v) is 3.97. The summed E-state index contributed by atoms with van der Waals surface area (Å²) in [6.07, 6.45) is 1.14. The Hall–Kier alpha value is -4.45. The van der Waals surface area contributed by atoms with E-state index in [1.54, 1.807) is 33.8 Å². The lowest BCUT2D eigenvalue weighted by Gasteiger charge is -2.12. The fraction of sp³-hybridized carbons (Fsp3) is 0.259. The molecule has 0 radical (unpaired) electrons. The Morgan fingerprint density at radius 3 is 2.41 bits per heavy atom. The average molecular weight is 542 g/mol. The van der Waals surface area contributed by atoms with Crippen molar-refractivity contribution in [3.05, 3.63) is 111 Å². The second kappa shape index (κ2) is 12.4. The largest absolute Gasteiger partial charge is 0.493 e. The van der Waals surface area contributed by atoms with Crippen molar-refractivity contribution in [2.45, 2.75) is 32.7 Å². The van der Waals surface area contributed by atoms with Gasteiger partial charge in [-0.25, -0.2) is 13.2 Å². The summed E-state index contributed by atoms with van der Waals surface area (Å²) in [7, 11) is 2.55. The molecule has 0 spiro atoms. The van der Waals surface area contributed by atoms with Crippen LogP contribution in [0.2, 0.25) is 0 Å². The third-order valence-corrected chi connectivity index (χ3v) is 5.91. The zero-order chi connectivity index (χ0) is 27.9. The molecule has 1 amide bonds. The monoisotopic (exact) mass is 541 g/mol. The van der Waals surface area contributed by atoms with Crippen LogP contribution in [-0.4, -0.2) is 39.5 Å². The number of pyridine rings is 2. The quantitative estimate of drug-likeness (QED) is 0.311. The molecule has 4 aromatic rings. The standard InChI is InChI=1S/C27H26F3N5O4/c1-38-16-22-20(27(37)32-12-21-24(28)25(39-2)19(11-31-21)26(29)30)15-35(33-22)14-18-8-6-17(7-9-18)13-34-10-4-3-5-23(34)36/h3-11,15,26H,12-14,16H2,1-2H3,(H,32,37). The highest BCUT2D eigenvalue weighted by Gasteiger charge is 2.23. The number of hydrogen-bond acceptors (Lipinski definition) is 6. The first-order chi connectivity index (χ1) is 18.8. The predicted octanol–water partition coefficient (Wildman–Crippen LogP) is 3.70. The van der Waals surface area contributed by atoms with Crippen LogP contribution in [0.3, 0.4) is 0 Å². The highest BCUT2D eigenvalue weighted by molar-refractivity contribution is 5.95. The molecule has 9 nitrogen and oxygen atoms in total. The number of carbonyl (C=O) groups excluding carboxylic acids is 1. The maximum Gasteiger partial charge on any atom is 0.269 e. The lowest BCUT2D eigenvalue weighted by molar-refractivity contribution is 0.0944. The van der Waals surface area contributed by atoms with Gasteiger partial charge >= 0.3 is 0 Å². The number of ether oxygens (including phenoxy) is 2. The van der Waals surface area contributed by atoms with Gasteiger partial charge in [0.2, 0.25) is 0 Å². The van der Waals surface area contributed by atoms with Crippen molar-refractivity contribution in [1.82, 2.24) is 24.6 Å². The van der Waals surface area contributed by atoms with Crippen molar-refractivity contribution in [3.8, 4) is 5.75 Å². The van der Waals surface area contributed by atoms with Gasteiger partial charge in [0.1, 0.15) is 5.69 Å². The topological polar surface area (TPSA) is 100 Å². The minimum absolute atomic E-state index is 0.0596. The molecule has 0 bridgehead atoms. The molecule has 0 unspecified atom stereocenters. The molecule has 3 heterocycles. The van der Waals surface area contributed by atoms with E-state index >= 15 is 0 Å². The molecule has 204 valence electrons. The Morgan fingerprint density at radius 2 is 1.77 bits per heavy atom. The number of halogens is 3. The molecular formula is C27H26F3N5O4. The van der Waals surface area contributed by atoms with Gasteiger partial charge in [-0.15, -0.1) is 0 Å². The number of benzene rings is 1. The van der Waals surface area contributed by atoms with Gasteiger partial charge < -0.3 is 19.4 Å². The zero-order valence-electron chi connectivity index (χ0n) is 21.2. The van der Waals surface area contributed by atoms with Crippen LogP contribution in [0, 0.1) is 5.82 Å². The third kappa shape index (κ3) is 6.52. The first-order valence-electron chi connectivity index (χ1n) is 11.9. The van der Waals surface area contributed by atoms with Gasteiger partial charge in [-0.3, -0.25) is 19.3 Å². The van der Waals surface area contributed by atoms with E-state index in [-0.39, 0.29) is 30.0 Å². The Bertz CT molecular complexity index is 1500. The molecule has 12 heteroatoms. The van der Waals surface area contributed by atoms with Crippen molar-refractivity contribution in [2.24, 2.45) is 0 Å². The molecule has 0 saturated heterocycles. The summed E-state index contributed by atoms with van der Waals surface area (Å²) in [5.41, 5.74) is 1.45. The molecule has 0 aliphatic heterocycles. The molecular weight excluding hydrogens is 515 g/mol. The molecule has 0 fully saturated rings. The van der Waals surface area contributed by atoms with Crippen LogP contribution >= 0.6 is 0 Å². The van der Waals surface area contributed by atoms with Crippen LogP contribution in [0.5, 0.6) is 5.75 Å². The van der Waals surface area contributed by atoms with Gasteiger partial charge in [-0.05, 0) is 17.2 Å². The van der Waals surface area contributed by atoms with Crippen LogP contribution in [0.4, 0.5) is 13.2 Å². The molecule has 0 atom stereocenters. The van der Waals surface area contributed by atoms with E-state index in [1.807, 2.05) is 24.3 Å². The van der Waals surface area contributed by atoms with Crippen molar-refractivity contribution in [1.29, 1.82) is 0 Å². The van der Waals surface area contributed by atoms with Crippen LogP contribution < -0.4 is 15.6 Å². The van der Waals surface area contributed by atoms with Crippen LogP contribution in [0.15, 0.2) is 65.8 Å². The van der Waals surface area contributed by atoms with Crippen LogP contribution in [0.1, 0.15) is 44.9 Å². The molecule has 39 heavy (non-hydrogen) atoms. The molecule has 0 aliphatic carbocycles. The summed E-state index contributed by atoms with van der Waals surface area (Å²) >= 11 is 0. The maximum absolute atomic E-state index is 14.6. The van der Waals surface area contributed by atoms with Crippen molar-refractivity contribution in [2.75, 3.05) is 14.2 Å². The number of methoxy groups -OCH3 is 2. The molecule has 1 N–H and O–H groups in total. The fourth-order valence-electron chi connectivity index (χ4n) is 3.97. The van der Waals surface area contributed by atoms with Gasteiger partial charge in [0.05, 0.1) is 50.2 Å². The summed E-state index contributed by atoms with van der Waals surface area (Å²) in [6, 6.07) is 12.6. The Kier molecular flexibility index (Phi) is 8.77. The molecule has 4 rings (SSSR count). The number of nitrogens with zero attached hydrogens (tertiary/aromatic N) is 4. The van der Waals surface area contributed by atoms with Crippen LogP contribution in [0.25, 0.3) is 0 Å². The molecule has 3 aromatic heterocycles. The normalized spacial score (nSPS) is 11.1. The van der Waals surface area contributed by atoms with Gasteiger partial charge in [0.25, 0.3) is 17.9 Å². The summed E-state index contributed by atoms with van der Waals surface area (Å²) in [4.78, 5) is 28.6. The average Bonchev–Trinajstić information content (AvgIpc) is 3.32. The van der Waals surface area contributed by atoms with Crippen molar-refractivity contribution >= 4 is 5.91 Å². The number of aromatic nitrogens is 4. The predicted molar refractivity (Wildman–Crippen MR) is 135 cm³/mol. The SMILES string of the molecule is COCc1nn(Cc2ccc(Cn3ccccc3=O)cc2)cc1C(=O)NCc1ncc(C(F)F)c(OC)c1F. The Balaban J connectivity index is 1.45. The van der Waals surface area contributed by atoms with Gasteiger partial charge in [-0.1, -0.05) is 30.3 Å². The maximum atomic E-state index is 14.6. The number of hydrogen-bond donors (Lipinski definition) is 1. The van der Waals surface area contributed by atoms with E-state index in [1.165, 1.54) is 13.2 Å². The number of nitrogens with one attached hydrogen (secondary N) is 1. The Labute approximate surface area is 221 Å². The lowest BCUT2D eigenvalue weighted by atomic mass is 10.1. The van der Waals surface area contributed by atoms with E-state index in [0.717, 1.165) is 24.4 Å². The van der Waals surface area contributed by atoms with Gasteiger partial charge in [0.15, 0.2) is 11.6 Å². The first kappa shape index (κ1) is 27.6. The smallest absolute Gasteiger partial charge is 0.269 e. The number of amides is 1. The third-order valence-electron chi connectivity index (χ3n) is 5.91. The second-order valence-corrected chi connectivity index (χ2v) is 8.59. The van der Waals surface area contributed by atoms with Crippen LogP contribution in [-0.2, 0) is 31.0 Å². The first-order valence-corrected chi connectivity index (χ1v) is 11.9. The summed E-state index contributed by atoms with van der Waals surface area (Å²) in [5.74, 6) is -2.24. The minimum Gasteiger partial charge on any atom is -0.493 e. The molecule has 1 aromatic carbocycles. The number of rotatable bonds is 11. The highest BCUT2D eigenvalue weighted by atomic mass is 19.3. The second-order valence-electron chi connectivity index (χ2n) is 8.59. The Morgan fingerprint density at radius 1 is 1.05 bits per heavy atom. The summed E-state index contributed by atoms with van der Waals surface area (Å²) < 4.78 is 53.9. The molecule has 0 saturated carbocycles. The van der Waals surface area contributed by atoms with E-state index < -0.39 is 29.5 Å². The highest BCUT2D eigenvalue weighted by Crippen LogP contribution is 2.31. The summed E-state index contributed by atoms with van der Waals surface area (Å²) in [5, 5.41) is 6.99. The van der Waals surface area contributed by atoms with Gasteiger partial charge in [0, 0.05) is 31.8 Å². The van der Waals surface area contributed by atoms with E-state index in [2.05, 4.69) is 15.4 Å². The van der Waals surface area contributed by atoms with Crippen molar-refractivity contribution < 1.29 is 27.4 Å². The van der Waals surface area contributed by atoms with Gasteiger partial charge in [-0.2, -0.15) is 5.10 Å².